The van der Waals surface area contributed by atoms with Gasteiger partial charge in [-0.05, 0) is 61.2 Å². The molecule has 0 aromatic carbocycles. The van der Waals surface area contributed by atoms with E-state index in [1.165, 1.54) is 38.5 Å². The van der Waals surface area contributed by atoms with Crippen molar-refractivity contribution in [1.82, 2.24) is 0 Å². The van der Waals surface area contributed by atoms with E-state index in [0.29, 0.717) is 0 Å². The lowest BCUT2D eigenvalue weighted by Gasteiger charge is -2.27. The summed E-state index contributed by atoms with van der Waals surface area (Å²) >= 11 is 0. The summed E-state index contributed by atoms with van der Waals surface area (Å²) in [6.45, 7) is 19.3. The second-order valence-electron chi connectivity index (χ2n) is 8.13. The highest BCUT2D eigenvalue weighted by Crippen LogP contribution is 2.30. The van der Waals surface area contributed by atoms with E-state index in [1.54, 1.807) is 0 Å². The molecular formula is C20H42. The van der Waals surface area contributed by atoms with Crippen LogP contribution in [0.25, 0.3) is 0 Å². The molecule has 0 rings (SSSR count). The van der Waals surface area contributed by atoms with Crippen molar-refractivity contribution in [3.8, 4) is 0 Å². The van der Waals surface area contributed by atoms with Crippen LogP contribution in [0.2, 0.25) is 0 Å². The monoisotopic (exact) mass is 282 g/mol. The molecule has 20 heavy (non-hydrogen) atoms. The minimum absolute atomic E-state index is 0.884. The van der Waals surface area contributed by atoms with E-state index in [2.05, 4.69) is 55.4 Å². The maximum Gasteiger partial charge on any atom is -0.0414 e. The van der Waals surface area contributed by atoms with Crippen molar-refractivity contribution >= 4 is 0 Å². The first-order chi connectivity index (χ1) is 9.29. The second-order valence-corrected chi connectivity index (χ2v) is 8.13. The molecule has 0 saturated carbocycles. The number of hydrogen-bond acceptors (Lipinski definition) is 0. The molecular weight excluding hydrogens is 240 g/mol. The molecule has 0 bridgehead atoms. The summed E-state index contributed by atoms with van der Waals surface area (Å²) in [6.07, 6.45) is 8.33. The molecule has 0 saturated heterocycles. The van der Waals surface area contributed by atoms with E-state index in [1.807, 2.05) is 0 Å². The minimum Gasteiger partial charge on any atom is -0.0651 e. The van der Waals surface area contributed by atoms with Gasteiger partial charge >= 0.3 is 0 Å². The van der Waals surface area contributed by atoms with E-state index in [9.17, 15) is 0 Å². The van der Waals surface area contributed by atoms with Crippen LogP contribution in [0.15, 0.2) is 0 Å². The summed E-state index contributed by atoms with van der Waals surface area (Å²) in [5, 5.41) is 0. The highest BCUT2D eigenvalue weighted by Gasteiger charge is 2.19. The molecule has 0 spiro atoms. The zero-order valence-electron chi connectivity index (χ0n) is 15.7. The van der Waals surface area contributed by atoms with Gasteiger partial charge in [0.25, 0.3) is 0 Å². The Bertz CT molecular complexity index is 220. The SMILES string of the molecule is CCC(C)CC(C)CC(C)CC(C)C(C)CC(C)CC. The van der Waals surface area contributed by atoms with Crippen molar-refractivity contribution in [3.05, 3.63) is 0 Å². The lowest BCUT2D eigenvalue weighted by Crippen LogP contribution is -2.16. The van der Waals surface area contributed by atoms with Crippen molar-refractivity contribution in [2.75, 3.05) is 0 Å². The molecule has 6 unspecified atom stereocenters. The van der Waals surface area contributed by atoms with Gasteiger partial charge in [-0.3, -0.25) is 0 Å². The van der Waals surface area contributed by atoms with Gasteiger partial charge in [0.15, 0.2) is 0 Å². The Balaban J connectivity index is 4.02. The van der Waals surface area contributed by atoms with Gasteiger partial charge in [-0.1, -0.05) is 68.2 Å². The molecule has 0 radical (unpaired) electrons. The van der Waals surface area contributed by atoms with Gasteiger partial charge in [-0.15, -0.1) is 0 Å². The highest BCUT2D eigenvalue weighted by atomic mass is 14.2. The molecule has 0 N–H and O–H groups in total. The third-order valence-electron chi connectivity index (χ3n) is 5.52. The Morgan fingerprint density at radius 2 is 0.750 bits per heavy atom. The summed E-state index contributed by atoms with van der Waals surface area (Å²) in [6, 6.07) is 0. The van der Waals surface area contributed by atoms with Gasteiger partial charge < -0.3 is 0 Å². The van der Waals surface area contributed by atoms with Crippen LogP contribution in [0.4, 0.5) is 0 Å². The minimum atomic E-state index is 0.884. The summed E-state index contributed by atoms with van der Waals surface area (Å²) in [4.78, 5) is 0. The summed E-state index contributed by atoms with van der Waals surface area (Å²) in [7, 11) is 0. The molecule has 0 nitrogen and oxygen atoms in total. The van der Waals surface area contributed by atoms with E-state index >= 15 is 0 Å². The van der Waals surface area contributed by atoms with Gasteiger partial charge in [0.1, 0.15) is 0 Å². The standard InChI is InChI=1S/C20H42/c1-9-15(3)11-17(5)12-18(6)14-20(8)19(7)13-16(4)10-2/h15-20H,9-14H2,1-8H3. The number of hydrogen-bond donors (Lipinski definition) is 0. The molecule has 6 atom stereocenters. The van der Waals surface area contributed by atoms with E-state index < -0.39 is 0 Å². The predicted octanol–water partition coefficient (Wildman–Crippen LogP) is 7.18. The Labute approximate surface area is 130 Å². The quantitative estimate of drug-likeness (QED) is 0.376. The molecule has 0 heteroatoms. The van der Waals surface area contributed by atoms with Gasteiger partial charge in [0.2, 0.25) is 0 Å². The van der Waals surface area contributed by atoms with E-state index in [4.69, 9.17) is 0 Å². The maximum atomic E-state index is 2.48. The van der Waals surface area contributed by atoms with Crippen molar-refractivity contribution in [2.45, 2.75) is 93.9 Å². The van der Waals surface area contributed by atoms with Crippen LogP contribution < -0.4 is 0 Å². The fourth-order valence-electron chi connectivity index (χ4n) is 3.63. The van der Waals surface area contributed by atoms with Gasteiger partial charge in [0, 0.05) is 0 Å². The van der Waals surface area contributed by atoms with Crippen molar-refractivity contribution in [2.24, 2.45) is 35.5 Å². The highest BCUT2D eigenvalue weighted by molar-refractivity contribution is 4.70. The van der Waals surface area contributed by atoms with E-state index in [0.717, 1.165) is 35.5 Å². The second kappa shape index (κ2) is 10.7. The lowest BCUT2D eigenvalue weighted by atomic mass is 9.79. The van der Waals surface area contributed by atoms with Crippen LogP contribution in [0.3, 0.4) is 0 Å². The Morgan fingerprint density at radius 3 is 1.20 bits per heavy atom. The third-order valence-corrected chi connectivity index (χ3v) is 5.52. The average molecular weight is 283 g/mol. The maximum absolute atomic E-state index is 2.48. The lowest BCUT2D eigenvalue weighted by molar-refractivity contribution is 0.242. The van der Waals surface area contributed by atoms with E-state index in [-0.39, 0.29) is 0 Å². The van der Waals surface area contributed by atoms with Crippen LogP contribution in [0.1, 0.15) is 93.9 Å². The fourth-order valence-corrected chi connectivity index (χ4v) is 3.63. The summed E-state index contributed by atoms with van der Waals surface area (Å²) in [5.74, 6) is 5.36. The van der Waals surface area contributed by atoms with Gasteiger partial charge in [0.05, 0.1) is 0 Å². The summed E-state index contributed by atoms with van der Waals surface area (Å²) in [5.41, 5.74) is 0. The zero-order chi connectivity index (χ0) is 15.7. The molecule has 0 fully saturated rings. The summed E-state index contributed by atoms with van der Waals surface area (Å²) < 4.78 is 0. The van der Waals surface area contributed by atoms with Crippen LogP contribution in [0, 0.1) is 35.5 Å². The van der Waals surface area contributed by atoms with Crippen LogP contribution in [0.5, 0.6) is 0 Å². The molecule has 0 heterocycles. The first-order valence-electron chi connectivity index (χ1n) is 9.29. The number of rotatable bonds is 11. The topological polar surface area (TPSA) is 0 Å². The van der Waals surface area contributed by atoms with Crippen LogP contribution in [-0.2, 0) is 0 Å². The Kier molecular flexibility index (Phi) is 10.7. The zero-order valence-corrected chi connectivity index (χ0v) is 15.7. The van der Waals surface area contributed by atoms with Crippen LogP contribution >= 0.6 is 0 Å². The average Bonchev–Trinajstić information content (AvgIpc) is 2.37. The molecule has 0 aliphatic heterocycles. The van der Waals surface area contributed by atoms with Crippen molar-refractivity contribution in [3.63, 3.8) is 0 Å². The fraction of sp³-hybridized carbons (Fsp3) is 1.00. The molecule has 0 aromatic heterocycles. The molecule has 0 amide bonds. The first-order valence-corrected chi connectivity index (χ1v) is 9.29. The smallest absolute Gasteiger partial charge is 0.0414 e. The van der Waals surface area contributed by atoms with Crippen molar-refractivity contribution < 1.29 is 0 Å². The van der Waals surface area contributed by atoms with Gasteiger partial charge in [-0.25, -0.2) is 0 Å². The third kappa shape index (κ3) is 9.03. The molecule has 0 aromatic rings. The van der Waals surface area contributed by atoms with Gasteiger partial charge in [-0.2, -0.15) is 0 Å². The normalized spacial score (nSPS) is 21.0. The Morgan fingerprint density at radius 1 is 0.450 bits per heavy atom. The largest absolute Gasteiger partial charge is 0.0651 e. The van der Waals surface area contributed by atoms with Crippen LogP contribution in [-0.4, -0.2) is 0 Å². The predicted molar refractivity (Wildman–Crippen MR) is 94.0 cm³/mol. The van der Waals surface area contributed by atoms with Crippen molar-refractivity contribution in [1.29, 1.82) is 0 Å². The molecule has 0 aliphatic rings. The first kappa shape index (κ1) is 20.0. The molecule has 122 valence electrons. The molecule has 0 aliphatic carbocycles. The Hall–Kier alpha value is 0.